The topological polar surface area (TPSA) is 102 Å². The number of benzene rings is 4. The van der Waals surface area contributed by atoms with E-state index in [9.17, 15) is 9.59 Å². The standard InChI is InChI=1S/C32H25BrClN3O5/c1-18-8-11-20(12-9-18)32(39)42-24-14-10-19(16-26(24)41-3)17-35-37-31(38)30-27(21-6-4-5-7-23(21)34)28-22(33)13-15-25(40-2)29(28)36-30/h4-17,36H,1-3H3,(H,37,38). The molecule has 0 fully saturated rings. The lowest BCUT2D eigenvalue weighted by molar-refractivity contribution is 0.0729. The number of carbonyl (C=O) groups is 2. The molecular weight excluding hydrogens is 622 g/mol. The number of aromatic amines is 1. The predicted octanol–water partition coefficient (Wildman–Crippen LogP) is 7.56. The van der Waals surface area contributed by atoms with Crippen LogP contribution in [-0.4, -0.2) is 37.3 Å². The van der Waals surface area contributed by atoms with Crippen molar-refractivity contribution in [1.82, 2.24) is 10.4 Å². The fourth-order valence-electron chi connectivity index (χ4n) is 4.43. The van der Waals surface area contributed by atoms with E-state index in [1.165, 1.54) is 13.3 Å². The highest BCUT2D eigenvalue weighted by Gasteiger charge is 2.24. The molecule has 0 atom stereocenters. The number of methoxy groups -OCH3 is 2. The van der Waals surface area contributed by atoms with E-state index in [1.807, 2.05) is 43.3 Å². The summed E-state index contributed by atoms with van der Waals surface area (Å²) in [6, 6.07) is 22.9. The van der Waals surface area contributed by atoms with E-state index in [2.05, 4.69) is 31.4 Å². The van der Waals surface area contributed by atoms with Crippen molar-refractivity contribution in [2.24, 2.45) is 5.10 Å². The molecule has 0 saturated carbocycles. The zero-order valence-electron chi connectivity index (χ0n) is 22.8. The lowest BCUT2D eigenvalue weighted by atomic mass is 10.0. The van der Waals surface area contributed by atoms with Crippen molar-refractivity contribution in [3.05, 3.63) is 111 Å². The zero-order valence-corrected chi connectivity index (χ0v) is 25.2. The van der Waals surface area contributed by atoms with Gasteiger partial charge in [0.1, 0.15) is 11.4 Å². The highest BCUT2D eigenvalue weighted by molar-refractivity contribution is 9.10. The van der Waals surface area contributed by atoms with Crippen LogP contribution in [0.3, 0.4) is 0 Å². The van der Waals surface area contributed by atoms with Crippen molar-refractivity contribution in [3.63, 3.8) is 0 Å². The first-order valence-electron chi connectivity index (χ1n) is 12.7. The van der Waals surface area contributed by atoms with Crippen LogP contribution in [-0.2, 0) is 0 Å². The van der Waals surface area contributed by atoms with Gasteiger partial charge in [0.15, 0.2) is 11.5 Å². The molecule has 0 bridgehead atoms. The highest BCUT2D eigenvalue weighted by Crippen LogP contribution is 2.43. The van der Waals surface area contributed by atoms with Gasteiger partial charge in [-0.1, -0.05) is 63.4 Å². The third kappa shape index (κ3) is 5.88. The van der Waals surface area contributed by atoms with Crippen LogP contribution in [0.4, 0.5) is 0 Å². The minimum Gasteiger partial charge on any atom is -0.495 e. The Kier molecular flexibility index (Phi) is 8.61. The van der Waals surface area contributed by atoms with Crippen LogP contribution in [0.2, 0.25) is 5.02 Å². The van der Waals surface area contributed by atoms with Gasteiger partial charge in [0.05, 0.1) is 31.5 Å². The van der Waals surface area contributed by atoms with Crippen molar-refractivity contribution >= 4 is 56.5 Å². The summed E-state index contributed by atoms with van der Waals surface area (Å²) in [5.41, 5.74) is 6.83. The Morgan fingerprint density at radius 3 is 2.36 bits per heavy atom. The minimum absolute atomic E-state index is 0.256. The van der Waals surface area contributed by atoms with Gasteiger partial charge in [-0.25, -0.2) is 10.2 Å². The molecule has 10 heteroatoms. The van der Waals surface area contributed by atoms with E-state index in [0.717, 1.165) is 15.4 Å². The summed E-state index contributed by atoms with van der Waals surface area (Å²) in [6.45, 7) is 1.94. The average Bonchev–Trinajstić information content (AvgIpc) is 3.40. The van der Waals surface area contributed by atoms with Gasteiger partial charge in [-0.3, -0.25) is 4.79 Å². The summed E-state index contributed by atoms with van der Waals surface area (Å²) in [6.07, 6.45) is 1.46. The first-order chi connectivity index (χ1) is 20.3. The number of hydrogen-bond donors (Lipinski definition) is 2. The Morgan fingerprint density at radius 2 is 1.64 bits per heavy atom. The van der Waals surface area contributed by atoms with Crippen molar-refractivity contribution in [2.45, 2.75) is 6.92 Å². The second-order valence-electron chi connectivity index (χ2n) is 9.22. The van der Waals surface area contributed by atoms with Crippen LogP contribution in [0.15, 0.2) is 88.4 Å². The van der Waals surface area contributed by atoms with Gasteiger partial charge in [0, 0.05) is 26.0 Å². The normalized spacial score (nSPS) is 11.1. The monoisotopic (exact) mass is 645 g/mol. The average molecular weight is 647 g/mol. The molecule has 5 aromatic rings. The highest BCUT2D eigenvalue weighted by atomic mass is 79.9. The molecule has 2 N–H and O–H groups in total. The van der Waals surface area contributed by atoms with Gasteiger partial charge in [0.25, 0.3) is 5.91 Å². The summed E-state index contributed by atoms with van der Waals surface area (Å²) in [4.78, 5) is 29.2. The largest absolute Gasteiger partial charge is 0.495 e. The summed E-state index contributed by atoms with van der Waals surface area (Å²) >= 11 is 10.2. The number of rotatable bonds is 8. The number of amides is 1. The summed E-state index contributed by atoms with van der Waals surface area (Å²) in [7, 11) is 3.03. The molecule has 42 heavy (non-hydrogen) atoms. The van der Waals surface area contributed by atoms with Crippen LogP contribution >= 0.6 is 27.5 Å². The smallest absolute Gasteiger partial charge is 0.343 e. The van der Waals surface area contributed by atoms with E-state index in [-0.39, 0.29) is 11.4 Å². The van der Waals surface area contributed by atoms with Gasteiger partial charge < -0.3 is 19.2 Å². The molecule has 0 saturated heterocycles. The van der Waals surface area contributed by atoms with Crippen LogP contribution in [0, 0.1) is 6.92 Å². The Balaban J connectivity index is 1.40. The molecule has 1 aromatic heterocycles. The van der Waals surface area contributed by atoms with Gasteiger partial charge in [-0.15, -0.1) is 0 Å². The molecule has 0 aliphatic carbocycles. The number of aromatic nitrogens is 1. The number of carbonyl (C=O) groups excluding carboxylic acids is 2. The first kappa shape index (κ1) is 28.9. The van der Waals surface area contributed by atoms with Crippen LogP contribution < -0.4 is 19.6 Å². The number of ether oxygens (including phenoxy) is 3. The number of hydrogen-bond acceptors (Lipinski definition) is 6. The molecule has 1 amide bonds. The van der Waals surface area contributed by atoms with Crippen molar-refractivity contribution in [2.75, 3.05) is 14.2 Å². The van der Waals surface area contributed by atoms with E-state index in [4.69, 9.17) is 25.8 Å². The summed E-state index contributed by atoms with van der Waals surface area (Å²) in [5, 5.41) is 5.38. The Hall–Kier alpha value is -4.60. The Labute approximate surface area is 255 Å². The van der Waals surface area contributed by atoms with Crippen LogP contribution in [0.5, 0.6) is 17.2 Å². The number of nitrogens with one attached hydrogen (secondary N) is 2. The molecule has 8 nitrogen and oxygen atoms in total. The number of esters is 1. The molecule has 0 aliphatic rings. The first-order valence-corrected chi connectivity index (χ1v) is 13.9. The third-order valence-electron chi connectivity index (χ3n) is 6.51. The van der Waals surface area contributed by atoms with Crippen molar-refractivity contribution in [3.8, 4) is 28.4 Å². The predicted molar refractivity (Wildman–Crippen MR) is 167 cm³/mol. The maximum atomic E-state index is 13.4. The molecule has 1 heterocycles. The fourth-order valence-corrected chi connectivity index (χ4v) is 5.19. The lowest BCUT2D eigenvalue weighted by Gasteiger charge is -2.10. The van der Waals surface area contributed by atoms with Crippen LogP contribution in [0.25, 0.3) is 22.0 Å². The Bertz CT molecular complexity index is 1830. The molecule has 5 rings (SSSR count). The second kappa shape index (κ2) is 12.5. The molecule has 4 aromatic carbocycles. The van der Waals surface area contributed by atoms with Crippen molar-refractivity contribution in [1.29, 1.82) is 0 Å². The quantitative estimate of drug-likeness (QED) is 0.0784. The third-order valence-corrected chi connectivity index (χ3v) is 7.50. The molecular formula is C32H25BrClN3O5. The number of fused-ring (bicyclic) bond motifs is 1. The molecule has 0 aliphatic heterocycles. The maximum Gasteiger partial charge on any atom is 0.343 e. The number of aryl methyl sites for hydroxylation is 1. The second-order valence-corrected chi connectivity index (χ2v) is 10.5. The lowest BCUT2D eigenvalue weighted by Crippen LogP contribution is -2.19. The van der Waals surface area contributed by atoms with E-state index < -0.39 is 11.9 Å². The van der Waals surface area contributed by atoms with Gasteiger partial charge >= 0.3 is 5.97 Å². The van der Waals surface area contributed by atoms with E-state index in [1.54, 1.807) is 49.6 Å². The summed E-state index contributed by atoms with van der Waals surface area (Å²) in [5.74, 6) is 0.171. The fraction of sp³-hybridized carbons (Fsp3) is 0.0938. The van der Waals surface area contributed by atoms with E-state index in [0.29, 0.717) is 44.3 Å². The maximum absolute atomic E-state index is 13.4. The van der Waals surface area contributed by atoms with E-state index >= 15 is 0 Å². The molecule has 0 spiro atoms. The molecule has 0 radical (unpaired) electrons. The van der Waals surface area contributed by atoms with Gasteiger partial charge in [-0.05, 0) is 61.0 Å². The number of nitrogens with zero attached hydrogens (tertiary/aromatic N) is 1. The SMILES string of the molecule is COc1cc(C=NNC(=O)c2[nH]c3c(OC)ccc(Br)c3c2-c2ccccc2Cl)ccc1OC(=O)c1ccc(C)cc1. The van der Waals surface area contributed by atoms with Crippen LogP contribution in [0.1, 0.15) is 32.0 Å². The summed E-state index contributed by atoms with van der Waals surface area (Å²) < 4.78 is 17.3. The van der Waals surface area contributed by atoms with Gasteiger partial charge in [0.2, 0.25) is 0 Å². The molecule has 0 unspecified atom stereocenters. The minimum atomic E-state index is -0.502. The Morgan fingerprint density at radius 1 is 0.929 bits per heavy atom. The van der Waals surface area contributed by atoms with Crippen molar-refractivity contribution < 1.29 is 23.8 Å². The zero-order chi connectivity index (χ0) is 29.8. The molecule has 212 valence electrons. The number of halogens is 2. The van der Waals surface area contributed by atoms with Gasteiger partial charge in [-0.2, -0.15) is 5.10 Å². The number of hydrazone groups is 1. The number of H-pyrrole nitrogens is 1.